The molecule has 3 rings (SSSR count). The minimum Gasteiger partial charge on any atom is -0.461 e. The molecule has 0 aliphatic heterocycles. The first kappa shape index (κ1) is 24.3. The molecule has 0 saturated heterocycles. The highest BCUT2D eigenvalue weighted by atomic mass is 19.4. The molecule has 2 aromatic heterocycles. The minimum absolute atomic E-state index is 0.0131. The van der Waals surface area contributed by atoms with E-state index in [1.54, 1.807) is 13.8 Å². The molecule has 0 N–H and O–H groups in total. The Bertz CT molecular complexity index is 1260. The van der Waals surface area contributed by atoms with Crippen molar-refractivity contribution in [1.82, 2.24) is 19.6 Å². The number of carbonyl (C=O) groups is 2. The van der Waals surface area contributed by atoms with Crippen molar-refractivity contribution in [2.24, 2.45) is 0 Å². The van der Waals surface area contributed by atoms with Gasteiger partial charge in [-0.15, -0.1) is 5.10 Å². The molecule has 0 unspecified atom stereocenters. The fraction of sp³-hybridized carbons (Fsp3) is 0.435. The Morgan fingerprint density at radius 3 is 2.30 bits per heavy atom. The van der Waals surface area contributed by atoms with Gasteiger partial charge in [0, 0.05) is 23.4 Å². The van der Waals surface area contributed by atoms with Gasteiger partial charge in [-0.05, 0) is 75.8 Å². The molecule has 0 amide bonds. The fourth-order valence-electron chi connectivity index (χ4n) is 4.13. The van der Waals surface area contributed by atoms with E-state index in [-0.39, 0.29) is 31.0 Å². The number of halogens is 3. The molecule has 0 spiro atoms. The van der Waals surface area contributed by atoms with Crippen LogP contribution in [-0.4, -0.2) is 31.3 Å². The second-order valence-electron chi connectivity index (χ2n) is 8.11. The first-order valence-electron chi connectivity index (χ1n) is 10.4. The highest BCUT2D eigenvalue weighted by Gasteiger charge is 2.37. The summed E-state index contributed by atoms with van der Waals surface area (Å²) in [6, 6.07) is 1.90. The Balaban J connectivity index is 1.74. The summed E-state index contributed by atoms with van der Waals surface area (Å²) in [5.41, 5.74) is 5.54. The fourth-order valence-corrected chi connectivity index (χ4v) is 4.13. The van der Waals surface area contributed by atoms with Gasteiger partial charge in [-0.2, -0.15) is 18.2 Å². The lowest BCUT2D eigenvalue weighted by Crippen LogP contribution is -2.12. The predicted molar refractivity (Wildman–Crippen MR) is 114 cm³/mol. The van der Waals surface area contributed by atoms with Crippen LogP contribution in [0.15, 0.2) is 6.07 Å². The van der Waals surface area contributed by atoms with Gasteiger partial charge in [0.15, 0.2) is 5.78 Å². The average Bonchev–Trinajstić information content (AvgIpc) is 3.11. The second kappa shape index (κ2) is 8.92. The van der Waals surface area contributed by atoms with Crippen molar-refractivity contribution in [3.8, 4) is 0 Å². The largest absolute Gasteiger partial charge is 0.461 e. The summed E-state index contributed by atoms with van der Waals surface area (Å²) in [4.78, 5) is 32.0. The van der Waals surface area contributed by atoms with E-state index in [0.29, 0.717) is 22.5 Å². The maximum atomic E-state index is 12.9. The van der Waals surface area contributed by atoms with Crippen LogP contribution in [0.25, 0.3) is 5.78 Å². The molecule has 2 heterocycles. The molecule has 33 heavy (non-hydrogen) atoms. The van der Waals surface area contributed by atoms with Crippen molar-refractivity contribution in [2.45, 2.75) is 67.2 Å². The SMILES string of the molecule is CC(=O)c1c(C)cc(C)c(COC(=O)CCc2c(C)nc3nc(C(F)(F)F)nn3c2C)c1C. The van der Waals surface area contributed by atoms with Crippen molar-refractivity contribution in [1.29, 1.82) is 0 Å². The lowest BCUT2D eigenvalue weighted by Gasteiger charge is -2.16. The summed E-state index contributed by atoms with van der Waals surface area (Å²) in [6.07, 6.45) is -4.43. The van der Waals surface area contributed by atoms with Gasteiger partial charge in [-0.1, -0.05) is 6.07 Å². The van der Waals surface area contributed by atoms with Gasteiger partial charge in [0.1, 0.15) is 6.61 Å². The third-order valence-electron chi connectivity index (χ3n) is 5.74. The van der Waals surface area contributed by atoms with Crippen molar-refractivity contribution in [2.75, 3.05) is 0 Å². The average molecular weight is 462 g/mol. The first-order chi connectivity index (χ1) is 15.3. The Hall–Kier alpha value is -3.30. The highest BCUT2D eigenvalue weighted by molar-refractivity contribution is 5.97. The van der Waals surface area contributed by atoms with Crippen LogP contribution in [-0.2, 0) is 28.7 Å². The van der Waals surface area contributed by atoms with Gasteiger partial charge in [-0.3, -0.25) is 9.59 Å². The molecule has 1 aromatic carbocycles. The normalized spacial score (nSPS) is 11.8. The van der Waals surface area contributed by atoms with E-state index in [1.807, 2.05) is 26.8 Å². The number of aryl methyl sites for hydroxylation is 4. The quantitative estimate of drug-likeness (QED) is 0.394. The van der Waals surface area contributed by atoms with Crippen LogP contribution in [0, 0.1) is 34.6 Å². The molecule has 0 atom stereocenters. The number of esters is 1. The third kappa shape index (κ3) is 4.89. The van der Waals surface area contributed by atoms with Crippen LogP contribution >= 0.6 is 0 Å². The van der Waals surface area contributed by atoms with Crippen LogP contribution in [0.4, 0.5) is 13.2 Å². The number of aromatic nitrogens is 4. The summed E-state index contributed by atoms with van der Waals surface area (Å²) in [5, 5.41) is 3.51. The monoisotopic (exact) mass is 462 g/mol. The Morgan fingerprint density at radius 2 is 1.70 bits per heavy atom. The molecule has 7 nitrogen and oxygen atoms in total. The number of alkyl halides is 3. The van der Waals surface area contributed by atoms with Crippen molar-refractivity contribution in [3.63, 3.8) is 0 Å². The topological polar surface area (TPSA) is 86.5 Å². The first-order valence-corrected chi connectivity index (χ1v) is 10.4. The molecule has 0 bridgehead atoms. The number of hydrogen-bond donors (Lipinski definition) is 0. The van der Waals surface area contributed by atoms with Gasteiger partial charge in [0.05, 0.1) is 0 Å². The van der Waals surface area contributed by atoms with Gasteiger partial charge >= 0.3 is 12.1 Å². The third-order valence-corrected chi connectivity index (χ3v) is 5.74. The lowest BCUT2D eigenvalue weighted by molar-refractivity contribution is -0.145. The van der Waals surface area contributed by atoms with E-state index in [2.05, 4.69) is 15.1 Å². The molecule has 3 aromatic rings. The summed E-state index contributed by atoms with van der Waals surface area (Å²) in [7, 11) is 0. The number of nitrogens with zero attached hydrogens (tertiary/aromatic N) is 4. The van der Waals surface area contributed by atoms with Crippen LogP contribution in [0.5, 0.6) is 0 Å². The second-order valence-corrected chi connectivity index (χ2v) is 8.11. The number of Topliss-reactive ketones (excluding diaryl/α,β-unsaturated/α-hetero) is 1. The Labute approximate surface area is 189 Å². The lowest BCUT2D eigenvalue weighted by atomic mass is 9.92. The molecule has 0 saturated carbocycles. The summed E-state index contributed by atoms with van der Waals surface area (Å²) in [5.74, 6) is -1.92. The molecular formula is C23H25F3N4O3. The minimum atomic E-state index is -4.67. The van der Waals surface area contributed by atoms with Gasteiger partial charge < -0.3 is 4.74 Å². The molecule has 0 aliphatic carbocycles. The number of ketones is 1. The number of hydrogen-bond acceptors (Lipinski definition) is 6. The zero-order valence-electron chi connectivity index (χ0n) is 19.3. The number of fused-ring (bicyclic) bond motifs is 1. The number of carbonyl (C=O) groups excluding carboxylic acids is 2. The molecule has 10 heteroatoms. The number of ether oxygens (including phenoxy) is 1. The van der Waals surface area contributed by atoms with Crippen LogP contribution < -0.4 is 0 Å². The van der Waals surface area contributed by atoms with E-state index in [1.165, 1.54) is 6.92 Å². The van der Waals surface area contributed by atoms with Gasteiger partial charge in [0.2, 0.25) is 0 Å². The summed E-state index contributed by atoms with van der Waals surface area (Å²) in [6.45, 7) is 10.4. The molecule has 0 fully saturated rings. The highest BCUT2D eigenvalue weighted by Crippen LogP contribution is 2.27. The van der Waals surface area contributed by atoms with Crippen molar-refractivity contribution < 1.29 is 27.5 Å². The molecule has 0 aliphatic rings. The van der Waals surface area contributed by atoms with Crippen LogP contribution in [0.3, 0.4) is 0 Å². The predicted octanol–water partition coefficient (Wildman–Crippen LogP) is 4.56. The standard InChI is InChI=1S/C23H25F3N4O3/c1-11-9-12(2)20(16(6)31)13(3)18(11)10-33-19(32)8-7-17-14(4)27-22-28-21(23(24,25)26)29-30(22)15(17)5/h9H,7-8,10H2,1-6H3. The molecule has 0 radical (unpaired) electrons. The van der Waals surface area contributed by atoms with E-state index in [9.17, 15) is 22.8 Å². The number of rotatable bonds is 6. The maximum Gasteiger partial charge on any atom is 0.453 e. The van der Waals surface area contributed by atoms with Crippen molar-refractivity contribution in [3.05, 3.63) is 56.7 Å². The van der Waals surface area contributed by atoms with E-state index in [0.717, 1.165) is 26.8 Å². The Morgan fingerprint density at radius 1 is 1.03 bits per heavy atom. The smallest absolute Gasteiger partial charge is 0.453 e. The van der Waals surface area contributed by atoms with E-state index in [4.69, 9.17) is 4.74 Å². The summed E-state index contributed by atoms with van der Waals surface area (Å²) < 4.78 is 45.3. The molecular weight excluding hydrogens is 437 g/mol. The zero-order chi connectivity index (χ0) is 24.7. The maximum absolute atomic E-state index is 12.9. The number of benzene rings is 1. The van der Waals surface area contributed by atoms with Gasteiger partial charge in [-0.25, -0.2) is 9.50 Å². The van der Waals surface area contributed by atoms with E-state index >= 15 is 0 Å². The summed E-state index contributed by atoms with van der Waals surface area (Å²) >= 11 is 0. The van der Waals surface area contributed by atoms with E-state index < -0.39 is 18.0 Å². The van der Waals surface area contributed by atoms with Gasteiger partial charge in [0.25, 0.3) is 11.6 Å². The zero-order valence-corrected chi connectivity index (χ0v) is 19.3. The van der Waals surface area contributed by atoms with Crippen LogP contribution in [0.2, 0.25) is 0 Å². The van der Waals surface area contributed by atoms with Crippen molar-refractivity contribution >= 4 is 17.5 Å². The molecule has 176 valence electrons. The van der Waals surface area contributed by atoms with Crippen LogP contribution in [0.1, 0.15) is 68.7 Å². The Kier molecular flexibility index (Phi) is 6.58.